The van der Waals surface area contributed by atoms with Crippen LogP contribution in [0.2, 0.25) is 0 Å². The number of anilines is 1. The molecule has 6 heteroatoms. The number of carbonyl (C=O) groups is 1. The molecule has 2 heterocycles. The molecule has 1 aromatic heterocycles. The summed E-state index contributed by atoms with van der Waals surface area (Å²) in [6.07, 6.45) is 2.75. The smallest absolute Gasteiger partial charge is 0.225 e. The Kier molecular flexibility index (Phi) is 5.48. The van der Waals surface area contributed by atoms with E-state index in [0.717, 1.165) is 37.3 Å². The first-order valence-corrected chi connectivity index (χ1v) is 8.86. The molecule has 0 radical (unpaired) electrons. The summed E-state index contributed by atoms with van der Waals surface area (Å²) in [5, 5.41) is 10.7. The zero-order chi connectivity index (χ0) is 17.8. The van der Waals surface area contributed by atoms with Crippen LogP contribution in [0, 0.1) is 24.6 Å². The fourth-order valence-corrected chi connectivity index (χ4v) is 3.43. The van der Waals surface area contributed by atoms with Crippen molar-refractivity contribution < 1.29 is 9.18 Å². The standard InChI is InChI=1S/C19H25FN4O/c1-13(15-7-9-21-10-8-15)11-19(25)22-18-12-14(2)23-24(18)17-5-3-16(20)4-6-17/h3-6,12-13,15,21H,7-11H2,1-2H3,(H,22,25). The van der Waals surface area contributed by atoms with Crippen molar-refractivity contribution in [3.63, 3.8) is 0 Å². The van der Waals surface area contributed by atoms with Crippen LogP contribution in [0.15, 0.2) is 30.3 Å². The summed E-state index contributed by atoms with van der Waals surface area (Å²) in [5.74, 6) is 1.26. The highest BCUT2D eigenvalue weighted by Gasteiger charge is 2.22. The van der Waals surface area contributed by atoms with Gasteiger partial charge in [0.05, 0.1) is 11.4 Å². The largest absolute Gasteiger partial charge is 0.317 e. The fraction of sp³-hybridized carbons (Fsp3) is 0.474. The Balaban J connectivity index is 1.68. The van der Waals surface area contributed by atoms with Gasteiger partial charge < -0.3 is 10.6 Å². The van der Waals surface area contributed by atoms with Crippen molar-refractivity contribution in [3.8, 4) is 5.69 Å². The molecule has 1 unspecified atom stereocenters. The molecule has 5 nitrogen and oxygen atoms in total. The number of halogens is 1. The van der Waals surface area contributed by atoms with Crippen LogP contribution in [0.5, 0.6) is 0 Å². The van der Waals surface area contributed by atoms with Crippen molar-refractivity contribution in [1.82, 2.24) is 15.1 Å². The number of rotatable bonds is 5. The minimum atomic E-state index is -0.297. The first-order valence-electron chi connectivity index (χ1n) is 8.86. The fourth-order valence-electron chi connectivity index (χ4n) is 3.43. The van der Waals surface area contributed by atoms with Crippen LogP contribution in [0.3, 0.4) is 0 Å². The Morgan fingerprint density at radius 3 is 2.72 bits per heavy atom. The second-order valence-electron chi connectivity index (χ2n) is 6.88. The summed E-state index contributed by atoms with van der Waals surface area (Å²) in [5.41, 5.74) is 1.52. The van der Waals surface area contributed by atoms with Gasteiger partial charge in [-0.05, 0) is 69.0 Å². The summed E-state index contributed by atoms with van der Waals surface area (Å²) in [7, 11) is 0. The summed E-state index contributed by atoms with van der Waals surface area (Å²) in [6.45, 7) is 6.09. The highest BCUT2D eigenvalue weighted by molar-refractivity contribution is 5.90. The van der Waals surface area contributed by atoms with Crippen molar-refractivity contribution in [2.45, 2.75) is 33.1 Å². The average molecular weight is 344 g/mol. The molecule has 134 valence electrons. The van der Waals surface area contributed by atoms with E-state index >= 15 is 0 Å². The third-order valence-electron chi connectivity index (χ3n) is 4.87. The van der Waals surface area contributed by atoms with Crippen LogP contribution in [-0.4, -0.2) is 28.8 Å². The average Bonchev–Trinajstić information content (AvgIpc) is 2.96. The van der Waals surface area contributed by atoms with Gasteiger partial charge in [0.25, 0.3) is 0 Å². The van der Waals surface area contributed by atoms with E-state index in [1.165, 1.54) is 12.1 Å². The SMILES string of the molecule is Cc1cc(NC(=O)CC(C)C2CCNCC2)n(-c2ccc(F)cc2)n1. The highest BCUT2D eigenvalue weighted by Crippen LogP contribution is 2.25. The normalized spacial score (nSPS) is 16.6. The number of nitrogens with one attached hydrogen (secondary N) is 2. The Morgan fingerprint density at radius 2 is 2.04 bits per heavy atom. The van der Waals surface area contributed by atoms with Gasteiger partial charge in [-0.15, -0.1) is 0 Å². The molecular formula is C19H25FN4O. The maximum Gasteiger partial charge on any atom is 0.225 e. The van der Waals surface area contributed by atoms with Crippen molar-refractivity contribution in [2.24, 2.45) is 11.8 Å². The summed E-state index contributed by atoms with van der Waals surface area (Å²) in [6, 6.07) is 7.90. The topological polar surface area (TPSA) is 59.0 Å². The molecule has 1 aromatic carbocycles. The predicted octanol–water partition coefficient (Wildman–Crippen LogP) is 3.28. The van der Waals surface area contributed by atoms with Crippen LogP contribution < -0.4 is 10.6 Å². The van der Waals surface area contributed by atoms with Crippen LogP contribution in [0.1, 0.15) is 31.9 Å². The van der Waals surface area contributed by atoms with Crippen LogP contribution >= 0.6 is 0 Å². The number of aryl methyl sites for hydroxylation is 1. The number of nitrogens with zero attached hydrogens (tertiary/aromatic N) is 2. The Hall–Kier alpha value is -2.21. The molecule has 25 heavy (non-hydrogen) atoms. The van der Waals surface area contributed by atoms with Crippen LogP contribution in [-0.2, 0) is 4.79 Å². The molecule has 0 saturated carbocycles. The number of aromatic nitrogens is 2. The number of hydrogen-bond acceptors (Lipinski definition) is 3. The minimum absolute atomic E-state index is 0.00528. The lowest BCUT2D eigenvalue weighted by Crippen LogP contribution is -2.32. The molecule has 3 rings (SSSR count). The van der Waals surface area contributed by atoms with Crippen molar-refractivity contribution in [1.29, 1.82) is 0 Å². The lowest BCUT2D eigenvalue weighted by atomic mass is 9.84. The molecular weight excluding hydrogens is 319 g/mol. The summed E-state index contributed by atoms with van der Waals surface area (Å²) >= 11 is 0. The van der Waals surface area contributed by atoms with E-state index in [4.69, 9.17) is 0 Å². The number of piperidine rings is 1. The Morgan fingerprint density at radius 1 is 1.36 bits per heavy atom. The number of hydrogen-bond donors (Lipinski definition) is 2. The number of benzene rings is 1. The van der Waals surface area contributed by atoms with E-state index in [1.54, 1.807) is 16.8 Å². The summed E-state index contributed by atoms with van der Waals surface area (Å²) < 4.78 is 14.8. The predicted molar refractivity (Wildman–Crippen MR) is 96.3 cm³/mol. The second-order valence-corrected chi connectivity index (χ2v) is 6.88. The molecule has 1 fully saturated rings. The first kappa shape index (κ1) is 17.6. The van der Waals surface area contributed by atoms with Gasteiger partial charge in [0.1, 0.15) is 11.6 Å². The zero-order valence-electron chi connectivity index (χ0n) is 14.8. The Bertz CT molecular complexity index is 720. The lowest BCUT2D eigenvalue weighted by molar-refractivity contribution is -0.117. The van der Waals surface area contributed by atoms with Gasteiger partial charge in [0.2, 0.25) is 5.91 Å². The van der Waals surface area contributed by atoms with E-state index in [1.807, 2.05) is 13.0 Å². The highest BCUT2D eigenvalue weighted by atomic mass is 19.1. The molecule has 1 aliphatic rings. The van der Waals surface area contributed by atoms with Gasteiger partial charge in [-0.2, -0.15) is 5.10 Å². The maximum atomic E-state index is 13.1. The molecule has 1 saturated heterocycles. The molecule has 1 aliphatic heterocycles. The molecule has 1 amide bonds. The van der Waals surface area contributed by atoms with Gasteiger partial charge >= 0.3 is 0 Å². The maximum absolute atomic E-state index is 13.1. The monoisotopic (exact) mass is 344 g/mol. The van der Waals surface area contributed by atoms with Gasteiger partial charge in [-0.1, -0.05) is 6.92 Å². The van der Waals surface area contributed by atoms with Gasteiger partial charge in [-0.3, -0.25) is 4.79 Å². The van der Waals surface area contributed by atoms with Crippen LogP contribution in [0.4, 0.5) is 10.2 Å². The van der Waals surface area contributed by atoms with E-state index < -0.39 is 0 Å². The van der Waals surface area contributed by atoms with Gasteiger partial charge in [0.15, 0.2) is 0 Å². The zero-order valence-corrected chi connectivity index (χ0v) is 14.8. The minimum Gasteiger partial charge on any atom is -0.317 e. The Labute approximate surface area is 147 Å². The molecule has 0 spiro atoms. The third-order valence-corrected chi connectivity index (χ3v) is 4.87. The van der Waals surface area contributed by atoms with E-state index in [0.29, 0.717) is 24.1 Å². The lowest BCUT2D eigenvalue weighted by Gasteiger charge is -2.27. The molecule has 1 atom stereocenters. The van der Waals surface area contributed by atoms with Crippen molar-refractivity contribution in [3.05, 3.63) is 41.8 Å². The van der Waals surface area contributed by atoms with Gasteiger partial charge in [0, 0.05) is 12.5 Å². The molecule has 0 aliphatic carbocycles. The van der Waals surface area contributed by atoms with Crippen molar-refractivity contribution >= 4 is 11.7 Å². The van der Waals surface area contributed by atoms with E-state index in [9.17, 15) is 9.18 Å². The molecule has 2 aromatic rings. The van der Waals surface area contributed by atoms with Crippen molar-refractivity contribution in [2.75, 3.05) is 18.4 Å². The third kappa shape index (κ3) is 4.45. The second kappa shape index (κ2) is 7.78. The quantitative estimate of drug-likeness (QED) is 0.875. The van der Waals surface area contributed by atoms with E-state index in [-0.39, 0.29) is 11.7 Å². The number of carbonyl (C=O) groups excluding carboxylic acids is 1. The van der Waals surface area contributed by atoms with Gasteiger partial charge in [-0.25, -0.2) is 9.07 Å². The molecule has 0 bridgehead atoms. The summed E-state index contributed by atoms with van der Waals surface area (Å²) in [4.78, 5) is 12.5. The van der Waals surface area contributed by atoms with Crippen LogP contribution in [0.25, 0.3) is 5.69 Å². The first-order chi connectivity index (χ1) is 12.0. The van der Waals surface area contributed by atoms with E-state index in [2.05, 4.69) is 22.7 Å². The molecule has 2 N–H and O–H groups in total. The number of amides is 1.